The van der Waals surface area contributed by atoms with Gasteiger partial charge in [-0.05, 0) is 66.9 Å². The number of carbonyl (C=O) groups is 2. The number of hydrogen-bond donors (Lipinski definition) is 3. The number of alkyl halides is 3. The average molecular weight is 523 g/mol. The molecule has 0 spiro atoms. The van der Waals surface area contributed by atoms with Gasteiger partial charge in [0.1, 0.15) is 11.6 Å². The Kier molecular flexibility index (Phi) is 5.57. The molecule has 36 heavy (non-hydrogen) atoms. The van der Waals surface area contributed by atoms with Crippen molar-refractivity contribution in [3.63, 3.8) is 0 Å². The predicted octanol–water partition coefficient (Wildman–Crippen LogP) is 5.70. The van der Waals surface area contributed by atoms with E-state index in [-0.39, 0.29) is 33.5 Å². The van der Waals surface area contributed by atoms with Gasteiger partial charge in [-0.15, -0.1) is 0 Å². The molecule has 3 aromatic rings. The van der Waals surface area contributed by atoms with Crippen LogP contribution in [0.1, 0.15) is 61.9 Å². The van der Waals surface area contributed by atoms with Gasteiger partial charge < -0.3 is 15.7 Å². The van der Waals surface area contributed by atoms with Crippen molar-refractivity contribution in [2.75, 3.05) is 5.32 Å². The maximum Gasteiger partial charge on any atom is 0.416 e. The van der Waals surface area contributed by atoms with Crippen LogP contribution in [0, 0.1) is 11.6 Å². The summed E-state index contributed by atoms with van der Waals surface area (Å²) in [6.07, 6.45) is -4.08. The molecule has 5 nitrogen and oxygen atoms in total. The van der Waals surface area contributed by atoms with E-state index < -0.39 is 52.4 Å². The van der Waals surface area contributed by atoms with Crippen molar-refractivity contribution in [2.45, 2.75) is 30.7 Å². The smallest absolute Gasteiger partial charge is 0.385 e. The summed E-state index contributed by atoms with van der Waals surface area (Å²) in [4.78, 5) is 25.8. The van der Waals surface area contributed by atoms with Crippen LogP contribution in [0.3, 0.4) is 0 Å². The van der Waals surface area contributed by atoms with E-state index >= 15 is 0 Å². The molecule has 1 unspecified atom stereocenters. The van der Waals surface area contributed by atoms with Crippen molar-refractivity contribution in [1.82, 2.24) is 5.32 Å². The second kappa shape index (κ2) is 8.28. The van der Waals surface area contributed by atoms with Crippen molar-refractivity contribution < 1.29 is 36.6 Å². The molecule has 3 N–H and O–H groups in total. The van der Waals surface area contributed by atoms with E-state index in [1.165, 1.54) is 18.2 Å². The maximum absolute atomic E-state index is 14.0. The molecule has 1 aliphatic heterocycles. The lowest BCUT2D eigenvalue weighted by molar-refractivity contribution is -0.137. The molecule has 1 aliphatic carbocycles. The average Bonchev–Trinajstić information content (AvgIpc) is 3.47. The minimum Gasteiger partial charge on any atom is -0.385 e. The molecule has 1 saturated carbocycles. The van der Waals surface area contributed by atoms with Crippen LogP contribution in [0.15, 0.2) is 48.5 Å². The van der Waals surface area contributed by atoms with E-state index in [4.69, 9.17) is 11.6 Å². The highest BCUT2D eigenvalue weighted by atomic mass is 35.5. The number of amides is 2. The molecule has 0 radical (unpaired) electrons. The molecule has 3 aromatic carbocycles. The Morgan fingerprint density at radius 3 is 2.44 bits per heavy atom. The predicted molar refractivity (Wildman–Crippen MR) is 120 cm³/mol. The van der Waals surface area contributed by atoms with Crippen LogP contribution >= 0.6 is 11.6 Å². The molecule has 11 heteroatoms. The van der Waals surface area contributed by atoms with Gasteiger partial charge in [0.15, 0.2) is 0 Å². The first-order valence-corrected chi connectivity index (χ1v) is 11.1. The fraction of sp³-hybridized carbons (Fsp3) is 0.200. The van der Waals surface area contributed by atoms with Crippen LogP contribution in [0.2, 0.25) is 5.02 Å². The van der Waals surface area contributed by atoms with E-state index in [1.54, 1.807) is 0 Å². The van der Waals surface area contributed by atoms with E-state index in [1.807, 2.05) is 0 Å². The molecule has 2 amide bonds. The molecule has 0 aromatic heterocycles. The van der Waals surface area contributed by atoms with Crippen LogP contribution in [-0.4, -0.2) is 16.9 Å². The minimum atomic E-state index is -4.89. The summed E-state index contributed by atoms with van der Waals surface area (Å²) >= 11 is 6.24. The summed E-state index contributed by atoms with van der Waals surface area (Å²) in [7, 11) is 0. The normalized spacial score (nSPS) is 18.0. The van der Waals surface area contributed by atoms with Gasteiger partial charge in [-0.3, -0.25) is 9.59 Å². The first-order valence-electron chi connectivity index (χ1n) is 10.7. The number of aliphatic hydroxyl groups is 1. The summed E-state index contributed by atoms with van der Waals surface area (Å²) < 4.78 is 67.3. The number of carbonyl (C=O) groups excluding carboxylic acids is 2. The Balaban J connectivity index is 1.62. The van der Waals surface area contributed by atoms with E-state index in [2.05, 4.69) is 10.6 Å². The van der Waals surface area contributed by atoms with E-state index in [9.17, 15) is 36.6 Å². The van der Waals surface area contributed by atoms with Crippen LogP contribution in [0.25, 0.3) is 0 Å². The highest BCUT2D eigenvalue weighted by molar-refractivity contribution is 6.31. The molecular formula is C25H16ClF5N2O3. The number of halogens is 6. The number of rotatable bonds is 4. The largest absolute Gasteiger partial charge is 0.416 e. The van der Waals surface area contributed by atoms with Gasteiger partial charge in [-0.1, -0.05) is 11.6 Å². The topological polar surface area (TPSA) is 78.4 Å². The lowest BCUT2D eigenvalue weighted by Gasteiger charge is -2.20. The molecule has 5 rings (SSSR count). The Morgan fingerprint density at radius 2 is 1.78 bits per heavy atom. The van der Waals surface area contributed by atoms with Crippen molar-refractivity contribution in [2.24, 2.45) is 0 Å². The third-order valence-electron chi connectivity index (χ3n) is 6.25. The maximum atomic E-state index is 14.0. The summed E-state index contributed by atoms with van der Waals surface area (Å²) in [6, 6.07) is 6.78. The van der Waals surface area contributed by atoms with Crippen molar-refractivity contribution >= 4 is 29.1 Å². The van der Waals surface area contributed by atoms with Crippen LogP contribution in [0.4, 0.5) is 27.6 Å². The second-order valence-corrected chi connectivity index (χ2v) is 9.18. The molecule has 0 saturated heterocycles. The number of fused-ring (bicyclic) bond motifs is 1. The zero-order valence-electron chi connectivity index (χ0n) is 18.1. The number of anilines is 1. The Hall–Kier alpha value is -3.50. The monoisotopic (exact) mass is 522 g/mol. The van der Waals surface area contributed by atoms with E-state index in [0.29, 0.717) is 30.5 Å². The molecule has 1 atom stereocenters. The quantitative estimate of drug-likeness (QED) is 0.384. The van der Waals surface area contributed by atoms with Crippen LogP contribution < -0.4 is 10.6 Å². The fourth-order valence-corrected chi connectivity index (χ4v) is 4.49. The first-order chi connectivity index (χ1) is 16.9. The fourth-order valence-electron chi connectivity index (χ4n) is 4.26. The summed E-state index contributed by atoms with van der Waals surface area (Å²) in [5.41, 5.74) is -2.45. The Morgan fingerprint density at radius 1 is 1.06 bits per heavy atom. The zero-order chi connectivity index (χ0) is 26.0. The molecule has 1 fully saturated rings. The van der Waals surface area contributed by atoms with Gasteiger partial charge in [-0.2, -0.15) is 13.2 Å². The highest BCUT2D eigenvalue weighted by Gasteiger charge is 2.45. The highest BCUT2D eigenvalue weighted by Crippen LogP contribution is 2.49. The molecule has 1 heterocycles. The van der Waals surface area contributed by atoms with Gasteiger partial charge in [-0.25, -0.2) is 8.78 Å². The van der Waals surface area contributed by atoms with Gasteiger partial charge in [0, 0.05) is 33.0 Å². The third kappa shape index (κ3) is 4.31. The second-order valence-electron chi connectivity index (χ2n) is 8.77. The SMILES string of the molecule is O=C(Nc1cc(C2(O)CC2)cc2c1C(c1cc(F)ccc1Cl)NC2=O)c1cc(F)cc(C(F)(F)F)c1. The zero-order valence-corrected chi connectivity index (χ0v) is 18.9. The van der Waals surface area contributed by atoms with E-state index in [0.717, 1.165) is 12.1 Å². The first kappa shape index (κ1) is 24.2. The van der Waals surface area contributed by atoms with Crippen molar-refractivity contribution in [3.05, 3.63) is 98.6 Å². The lowest BCUT2D eigenvalue weighted by atomic mass is 9.92. The number of benzene rings is 3. The molecule has 2 aliphatic rings. The van der Waals surface area contributed by atoms with Crippen LogP contribution in [0.5, 0.6) is 0 Å². The van der Waals surface area contributed by atoms with Crippen LogP contribution in [-0.2, 0) is 11.8 Å². The minimum absolute atomic E-state index is 0.0191. The lowest BCUT2D eigenvalue weighted by Crippen LogP contribution is -2.21. The third-order valence-corrected chi connectivity index (χ3v) is 6.60. The summed E-state index contributed by atoms with van der Waals surface area (Å²) in [5, 5.41) is 15.9. The Bertz CT molecular complexity index is 1440. The summed E-state index contributed by atoms with van der Waals surface area (Å²) in [5.74, 6) is -3.55. The van der Waals surface area contributed by atoms with Gasteiger partial charge in [0.05, 0.1) is 17.2 Å². The Labute approximate surface area is 205 Å². The van der Waals surface area contributed by atoms with Gasteiger partial charge in [0.25, 0.3) is 11.8 Å². The molecule has 186 valence electrons. The summed E-state index contributed by atoms with van der Waals surface area (Å²) in [6.45, 7) is 0. The van der Waals surface area contributed by atoms with Gasteiger partial charge >= 0.3 is 6.18 Å². The standard InChI is InChI=1S/C25H16ClF5N2O3/c26-18-2-1-14(27)10-16(18)21-20-17(23(35)33-21)8-12(24(36)3-4-24)9-19(20)32-22(34)11-5-13(25(29,30)31)7-15(28)6-11/h1-2,5-10,21,36H,3-4H2,(H,32,34)(H,33,35). The van der Waals surface area contributed by atoms with Crippen molar-refractivity contribution in [1.29, 1.82) is 0 Å². The number of nitrogens with one attached hydrogen (secondary N) is 2. The van der Waals surface area contributed by atoms with Gasteiger partial charge in [0.2, 0.25) is 0 Å². The number of hydrogen-bond acceptors (Lipinski definition) is 3. The molecule has 0 bridgehead atoms. The molecular weight excluding hydrogens is 507 g/mol. The van der Waals surface area contributed by atoms with Crippen molar-refractivity contribution in [3.8, 4) is 0 Å².